The maximum atomic E-state index is 6.04. The summed E-state index contributed by atoms with van der Waals surface area (Å²) in [5, 5.41) is 12.2. The summed E-state index contributed by atoms with van der Waals surface area (Å²) >= 11 is 0. The van der Waals surface area contributed by atoms with E-state index in [0.717, 1.165) is 17.8 Å². The molecule has 0 spiro atoms. The first kappa shape index (κ1) is 12.1. The average Bonchev–Trinajstić information content (AvgIpc) is 3.18. The second-order valence-electron chi connectivity index (χ2n) is 5.35. The fourth-order valence-corrected chi connectivity index (χ4v) is 2.81. The van der Waals surface area contributed by atoms with Gasteiger partial charge in [-0.2, -0.15) is 0 Å². The van der Waals surface area contributed by atoms with Crippen molar-refractivity contribution in [2.24, 2.45) is 0 Å². The van der Waals surface area contributed by atoms with E-state index >= 15 is 0 Å². The molecule has 5 heteroatoms. The third kappa shape index (κ3) is 2.07. The number of rotatable bonds is 3. The molecular formula is C16H15N5. The normalized spacial score (nSPS) is 20.4. The quantitative estimate of drug-likeness (QED) is 0.747. The minimum Gasteiger partial charge on any atom is -0.398 e. The van der Waals surface area contributed by atoms with Gasteiger partial charge in [0.2, 0.25) is 0 Å². The Hall–Kier alpha value is -2.69. The molecule has 21 heavy (non-hydrogen) atoms. The topological polar surface area (TPSA) is 69.6 Å². The molecule has 2 atom stereocenters. The number of hydrogen-bond acceptors (Lipinski definition) is 4. The molecule has 1 aromatic heterocycles. The fourth-order valence-electron chi connectivity index (χ4n) is 2.81. The Balaban J connectivity index is 1.67. The van der Waals surface area contributed by atoms with Gasteiger partial charge in [0.05, 0.1) is 6.04 Å². The van der Waals surface area contributed by atoms with Crippen LogP contribution in [0.15, 0.2) is 54.6 Å². The van der Waals surface area contributed by atoms with Gasteiger partial charge in [0.1, 0.15) is 0 Å². The lowest BCUT2D eigenvalue weighted by Gasteiger charge is -2.06. The Kier molecular flexibility index (Phi) is 2.70. The van der Waals surface area contributed by atoms with Crippen molar-refractivity contribution in [3.63, 3.8) is 0 Å². The minimum atomic E-state index is 0.317. The Morgan fingerprint density at radius 3 is 2.57 bits per heavy atom. The van der Waals surface area contributed by atoms with Gasteiger partial charge >= 0.3 is 0 Å². The van der Waals surface area contributed by atoms with E-state index in [1.165, 1.54) is 5.56 Å². The third-order valence-electron chi connectivity index (χ3n) is 3.99. The highest BCUT2D eigenvalue weighted by Crippen LogP contribution is 2.51. The highest BCUT2D eigenvalue weighted by molar-refractivity contribution is 5.71. The van der Waals surface area contributed by atoms with Crippen molar-refractivity contribution in [1.82, 2.24) is 20.2 Å². The molecule has 3 aromatic rings. The lowest BCUT2D eigenvalue weighted by atomic mass is 10.1. The SMILES string of the molecule is Nc1ccccc1-c1nnnn1C1CC1c1ccccc1. The predicted octanol–water partition coefficient (Wildman–Crippen LogP) is 2.65. The van der Waals surface area contributed by atoms with Crippen molar-refractivity contribution in [2.45, 2.75) is 18.4 Å². The monoisotopic (exact) mass is 277 g/mol. The number of nitrogens with zero attached hydrogens (tertiary/aromatic N) is 4. The van der Waals surface area contributed by atoms with Gasteiger partial charge < -0.3 is 5.73 Å². The molecule has 0 amide bonds. The summed E-state index contributed by atoms with van der Waals surface area (Å²) in [6.45, 7) is 0. The number of tetrazole rings is 1. The molecule has 0 aliphatic heterocycles. The van der Waals surface area contributed by atoms with Crippen LogP contribution in [0, 0.1) is 0 Å². The van der Waals surface area contributed by atoms with E-state index in [1.54, 1.807) is 0 Å². The molecule has 2 aromatic carbocycles. The zero-order chi connectivity index (χ0) is 14.2. The van der Waals surface area contributed by atoms with E-state index in [-0.39, 0.29) is 0 Å². The first-order valence-electron chi connectivity index (χ1n) is 7.02. The Morgan fingerprint density at radius 2 is 1.76 bits per heavy atom. The number of hydrogen-bond donors (Lipinski definition) is 1. The zero-order valence-electron chi connectivity index (χ0n) is 11.4. The van der Waals surface area contributed by atoms with Crippen LogP contribution in [0.25, 0.3) is 11.4 Å². The zero-order valence-corrected chi connectivity index (χ0v) is 11.4. The molecule has 0 radical (unpaired) electrons. The average molecular weight is 277 g/mol. The van der Waals surface area contributed by atoms with Crippen LogP contribution in [-0.2, 0) is 0 Å². The van der Waals surface area contributed by atoms with Gasteiger partial charge in [-0.05, 0) is 34.5 Å². The van der Waals surface area contributed by atoms with Crippen LogP contribution in [0.3, 0.4) is 0 Å². The van der Waals surface area contributed by atoms with Gasteiger partial charge in [-0.25, -0.2) is 4.68 Å². The Labute approximate surface area is 122 Å². The summed E-state index contributed by atoms with van der Waals surface area (Å²) in [6, 6.07) is 18.5. The van der Waals surface area contributed by atoms with E-state index in [2.05, 4.69) is 39.8 Å². The lowest BCUT2D eigenvalue weighted by Crippen LogP contribution is -2.03. The van der Waals surface area contributed by atoms with Gasteiger partial charge in [0, 0.05) is 17.2 Å². The van der Waals surface area contributed by atoms with Crippen LogP contribution in [0.4, 0.5) is 5.69 Å². The van der Waals surface area contributed by atoms with Crippen molar-refractivity contribution in [3.05, 3.63) is 60.2 Å². The molecule has 0 saturated heterocycles. The van der Waals surface area contributed by atoms with Crippen LogP contribution in [-0.4, -0.2) is 20.2 Å². The van der Waals surface area contributed by atoms with Crippen molar-refractivity contribution in [2.75, 3.05) is 5.73 Å². The van der Waals surface area contributed by atoms with Gasteiger partial charge in [-0.15, -0.1) is 5.10 Å². The molecule has 2 N–H and O–H groups in total. The lowest BCUT2D eigenvalue weighted by molar-refractivity contribution is 0.602. The second-order valence-corrected chi connectivity index (χ2v) is 5.35. The summed E-state index contributed by atoms with van der Waals surface area (Å²) in [6.07, 6.45) is 1.06. The summed E-state index contributed by atoms with van der Waals surface area (Å²) in [5.41, 5.74) is 8.97. The van der Waals surface area contributed by atoms with Crippen molar-refractivity contribution < 1.29 is 0 Å². The molecular weight excluding hydrogens is 262 g/mol. The third-order valence-corrected chi connectivity index (χ3v) is 3.99. The highest BCUT2D eigenvalue weighted by Gasteiger charge is 2.42. The molecule has 2 unspecified atom stereocenters. The maximum absolute atomic E-state index is 6.04. The summed E-state index contributed by atoms with van der Waals surface area (Å²) in [5.74, 6) is 1.23. The van der Waals surface area contributed by atoms with Gasteiger partial charge in [-0.1, -0.05) is 42.5 Å². The number of anilines is 1. The number of para-hydroxylation sites is 1. The van der Waals surface area contributed by atoms with E-state index in [0.29, 0.717) is 17.6 Å². The van der Waals surface area contributed by atoms with Crippen LogP contribution in [0.5, 0.6) is 0 Å². The molecule has 1 heterocycles. The summed E-state index contributed by atoms with van der Waals surface area (Å²) in [4.78, 5) is 0. The number of benzene rings is 2. The number of nitrogen functional groups attached to an aromatic ring is 1. The Morgan fingerprint density at radius 1 is 1.00 bits per heavy atom. The van der Waals surface area contributed by atoms with Gasteiger partial charge in [0.25, 0.3) is 0 Å². The number of aromatic nitrogens is 4. The van der Waals surface area contributed by atoms with Gasteiger partial charge in [-0.3, -0.25) is 0 Å². The van der Waals surface area contributed by atoms with Crippen LogP contribution >= 0.6 is 0 Å². The van der Waals surface area contributed by atoms with E-state index in [4.69, 9.17) is 5.73 Å². The van der Waals surface area contributed by atoms with E-state index < -0.39 is 0 Å². The molecule has 4 rings (SSSR count). The van der Waals surface area contributed by atoms with Crippen LogP contribution in [0.1, 0.15) is 23.9 Å². The highest BCUT2D eigenvalue weighted by atomic mass is 15.6. The van der Waals surface area contributed by atoms with Crippen molar-refractivity contribution in [3.8, 4) is 11.4 Å². The molecule has 1 aliphatic rings. The number of nitrogens with two attached hydrogens (primary N) is 1. The van der Waals surface area contributed by atoms with Crippen LogP contribution < -0.4 is 5.73 Å². The molecule has 1 fully saturated rings. The molecule has 104 valence electrons. The molecule has 5 nitrogen and oxygen atoms in total. The second kappa shape index (κ2) is 4.70. The smallest absolute Gasteiger partial charge is 0.184 e. The van der Waals surface area contributed by atoms with E-state index in [9.17, 15) is 0 Å². The first-order chi connectivity index (χ1) is 10.3. The molecule has 1 aliphatic carbocycles. The largest absolute Gasteiger partial charge is 0.398 e. The standard InChI is InChI=1S/C16H15N5/c17-14-9-5-4-8-12(14)16-18-19-20-21(16)15-10-13(15)11-6-2-1-3-7-11/h1-9,13,15H,10,17H2. The first-order valence-corrected chi connectivity index (χ1v) is 7.02. The van der Waals surface area contributed by atoms with Crippen molar-refractivity contribution in [1.29, 1.82) is 0 Å². The maximum Gasteiger partial charge on any atom is 0.184 e. The van der Waals surface area contributed by atoms with Crippen molar-refractivity contribution >= 4 is 5.69 Å². The molecule has 0 bridgehead atoms. The van der Waals surface area contributed by atoms with E-state index in [1.807, 2.05) is 35.0 Å². The van der Waals surface area contributed by atoms with Gasteiger partial charge in [0.15, 0.2) is 5.82 Å². The summed E-state index contributed by atoms with van der Waals surface area (Å²) < 4.78 is 1.91. The fraction of sp³-hybridized carbons (Fsp3) is 0.188. The molecule has 1 saturated carbocycles. The minimum absolute atomic E-state index is 0.317. The Bertz CT molecular complexity index is 765. The predicted molar refractivity (Wildman–Crippen MR) is 80.5 cm³/mol. The summed E-state index contributed by atoms with van der Waals surface area (Å²) in [7, 11) is 0. The van der Waals surface area contributed by atoms with Crippen LogP contribution in [0.2, 0.25) is 0 Å².